The molecule has 0 fully saturated rings. The van der Waals surface area contributed by atoms with E-state index in [0.29, 0.717) is 11.7 Å². The fourth-order valence-electron chi connectivity index (χ4n) is 5.40. The third-order valence-corrected chi connectivity index (χ3v) is 7.93. The molecule has 0 unspecified atom stereocenters. The monoisotopic (exact) mass is 568 g/mol. The summed E-state index contributed by atoms with van der Waals surface area (Å²) in [6.45, 7) is 10.6. The van der Waals surface area contributed by atoms with Crippen LogP contribution in [-0.2, 0) is 6.42 Å². The first-order valence-corrected chi connectivity index (χ1v) is 14.7. The molecule has 0 spiro atoms. The molecule has 2 aromatic heterocycles. The number of hydrogen-bond donors (Lipinski definition) is 1. The molecule has 3 aromatic carbocycles. The van der Waals surface area contributed by atoms with Gasteiger partial charge in [0, 0.05) is 24.4 Å². The zero-order valence-electron chi connectivity index (χ0n) is 25.2. The second-order valence-corrected chi connectivity index (χ2v) is 10.7. The lowest BCUT2D eigenvalue weighted by molar-refractivity contribution is 0.628. The van der Waals surface area contributed by atoms with Crippen molar-refractivity contribution in [2.24, 2.45) is 4.99 Å². The van der Waals surface area contributed by atoms with Crippen LogP contribution in [0.5, 0.6) is 0 Å². The maximum absolute atomic E-state index is 14.1. The summed E-state index contributed by atoms with van der Waals surface area (Å²) in [7, 11) is 1.80. The molecule has 1 atom stereocenters. The van der Waals surface area contributed by atoms with Gasteiger partial charge in [0.05, 0.1) is 17.2 Å². The second-order valence-electron chi connectivity index (χ2n) is 10.7. The number of H-pyrrole nitrogens is 1. The van der Waals surface area contributed by atoms with Crippen LogP contribution < -0.4 is 0 Å². The van der Waals surface area contributed by atoms with Crippen LogP contribution in [0.25, 0.3) is 27.7 Å². The first kappa shape index (κ1) is 29.6. The Hall–Kier alpha value is -4.90. The Kier molecular flexibility index (Phi) is 9.21. The Bertz CT molecular complexity index is 1840. The summed E-state index contributed by atoms with van der Waals surface area (Å²) in [4.78, 5) is 17.6. The Balaban J connectivity index is 1.60. The van der Waals surface area contributed by atoms with Crippen LogP contribution in [-0.4, -0.2) is 27.7 Å². The number of allylic oxidation sites excluding steroid dienone is 5. The standard InChI is InChI=1S/C38H37FN4/c1-6-25(4)32-18-17-29(28(8-3)20-26(7-2)19-27-13-10-9-11-14-27)22-33(32)37(40-5)38-42-35-24-41-23-34(36(35)43-38)30-15-12-16-31(39)21-30/h7-18,20-25H,2,6,19H2,1,3-5H3,(H,42,43)/b26-20+,28-8+,40-37+/t25-/m0/s1. The second kappa shape index (κ2) is 13.4. The minimum atomic E-state index is -0.298. The van der Waals surface area contributed by atoms with Crippen molar-refractivity contribution >= 4 is 22.3 Å². The SMILES string of the molecule is C=C/C(=C\C(=C/C)c1ccc([C@@H](C)CC)c(/C(=N\C)c2nc3c(-c4cccc(F)c4)cncc3[nH]2)c1)Cc1ccccc1. The van der Waals surface area contributed by atoms with Crippen molar-refractivity contribution in [3.63, 3.8) is 0 Å². The van der Waals surface area contributed by atoms with Gasteiger partial charge in [0.2, 0.25) is 0 Å². The minimum absolute atomic E-state index is 0.298. The summed E-state index contributed by atoms with van der Waals surface area (Å²) < 4.78 is 14.1. The molecular formula is C38H37FN4. The molecule has 43 heavy (non-hydrogen) atoms. The Labute approximate surface area is 253 Å². The van der Waals surface area contributed by atoms with Crippen LogP contribution in [0.2, 0.25) is 0 Å². The maximum Gasteiger partial charge on any atom is 0.157 e. The predicted octanol–water partition coefficient (Wildman–Crippen LogP) is 9.50. The lowest BCUT2D eigenvalue weighted by Gasteiger charge is -2.18. The van der Waals surface area contributed by atoms with Crippen molar-refractivity contribution in [1.82, 2.24) is 15.0 Å². The summed E-state index contributed by atoms with van der Waals surface area (Å²) in [5, 5.41) is 0. The predicted molar refractivity (Wildman–Crippen MR) is 178 cm³/mol. The normalized spacial score (nSPS) is 13.4. The Morgan fingerprint density at radius 1 is 1.05 bits per heavy atom. The molecule has 1 N–H and O–H groups in total. The van der Waals surface area contributed by atoms with Crippen LogP contribution in [0, 0.1) is 5.82 Å². The molecule has 0 aliphatic carbocycles. The third kappa shape index (κ3) is 6.46. The van der Waals surface area contributed by atoms with Crippen molar-refractivity contribution in [2.75, 3.05) is 7.05 Å². The highest BCUT2D eigenvalue weighted by Gasteiger charge is 2.20. The number of pyridine rings is 1. The highest BCUT2D eigenvalue weighted by atomic mass is 19.1. The number of nitrogens with zero attached hydrogens (tertiary/aromatic N) is 3. The summed E-state index contributed by atoms with van der Waals surface area (Å²) in [6, 6.07) is 23.6. The number of rotatable bonds is 10. The molecule has 5 heteroatoms. The lowest BCUT2D eigenvalue weighted by Crippen LogP contribution is -2.11. The molecule has 0 saturated carbocycles. The van der Waals surface area contributed by atoms with E-state index in [1.807, 2.05) is 18.2 Å². The van der Waals surface area contributed by atoms with Gasteiger partial charge in [-0.1, -0.05) is 93.3 Å². The van der Waals surface area contributed by atoms with E-state index in [1.165, 1.54) is 23.3 Å². The molecule has 0 aliphatic heterocycles. The number of benzene rings is 3. The molecule has 4 nitrogen and oxygen atoms in total. The fraction of sp³-hybridized carbons (Fsp3) is 0.184. The largest absolute Gasteiger partial charge is 0.335 e. The number of halogens is 1. The average molecular weight is 569 g/mol. The zero-order chi connectivity index (χ0) is 30.3. The van der Waals surface area contributed by atoms with Gasteiger partial charge in [-0.25, -0.2) is 9.37 Å². The summed E-state index contributed by atoms with van der Waals surface area (Å²) in [6.07, 6.45) is 11.6. The summed E-state index contributed by atoms with van der Waals surface area (Å²) in [5.41, 5.74) is 10.6. The Morgan fingerprint density at radius 3 is 2.56 bits per heavy atom. The number of aromatic amines is 1. The van der Waals surface area contributed by atoms with Gasteiger partial charge in [0.1, 0.15) is 11.5 Å². The summed E-state index contributed by atoms with van der Waals surface area (Å²) >= 11 is 0. The summed E-state index contributed by atoms with van der Waals surface area (Å²) in [5.74, 6) is 0.674. The molecule has 0 amide bonds. The van der Waals surface area contributed by atoms with E-state index in [2.05, 4.69) is 91.9 Å². The number of aromatic nitrogens is 3. The van der Waals surface area contributed by atoms with Gasteiger partial charge in [-0.05, 0) is 77.3 Å². The fourth-order valence-corrected chi connectivity index (χ4v) is 5.40. The van der Waals surface area contributed by atoms with E-state index < -0.39 is 0 Å². The molecule has 5 rings (SSSR count). The molecule has 0 aliphatic rings. The molecule has 0 bridgehead atoms. The van der Waals surface area contributed by atoms with E-state index in [1.54, 1.807) is 25.5 Å². The van der Waals surface area contributed by atoms with Crippen LogP contribution in [0.15, 0.2) is 121 Å². The van der Waals surface area contributed by atoms with E-state index in [-0.39, 0.29) is 5.82 Å². The minimum Gasteiger partial charge on any atom is -0.335 e. The average Bonchev–Trinajstić information content (AvgIpc) is 3.47. The van der Waals surface area contributed by atoms with Gasteiger partial charge < -0.3 is 4.98 Å². The molecule has 0 saturated heterocycles. The van der Waals surface area contributed by atoms with E-state index in [9.17, 15) is 4.39 Å². The topological polar surface area (TPSA) is 53.9 Å². The first-order valence-electron chi connectivity index (χ1n) is 14.7. The Morgan fingerprint density at radius 2 is 1.86 bits per heavy atom. The third-order valence-electron chi connectivity index (χ3n) is 7.93. The van der Waals surface area contributed by atoms with Crippen LogP contribution in [0.3, 0.4) is 0 Å². The highest BCUT2D eigenvalue weighted by Crippen LogP contribution is 2.31. The number of hydrogen-bond acceptors (Lipinski definition) is 3. The quantitative estimate of drug-likeness (QED) is 0.135. The van der Waals surface area contributed by atoms with Crippen LogP contribution in [0.1, 0.15) is 61.2 Å². The van der Waals surface area contributed by atoms with Crippen molar-refractivity contribution in [1.29, 1.82) is 0 Å². The van der Waals surface area contributed by atoms with Gasteiger partial charge in [-0.15, -0.1) is 0 Å². The number of imidazole rings is 1. The lowest BCUT2D eigenvalue weighted by atomic mass is 9.88. The number of nitrogens with one attached hydrogen (secondary N) is 1. The van der Waals surface area contributed by atoms with Gasteiger partial charge in [0.25, 0.3) is 0 Å². The number of aliphatic imine (C=N–C) groups is 1. The van der Waals surface area contributed by atoms with Crippen molar-refractivity contribution < 1.29 is 4.39 Å². The highest BCUT2D eigenvalue weighted by molar-refractivity contribution is 6.13. The molecular weight excluding hydrogens is 531 g/mol. The smallest absolute Gasteiger partial charge is 0.157 e. The van der Waals surface area contributed by atoms with Gasteiger partial charge in [-0.2, -0.15) is 0 Å². The van der Waals surface area contributed by atoms with Crippen molar-refractivity contribution in [3.8, 4) is 11.1 Å². The van der Waals surface area contributed by atoms with Gasteiger partial charge in [-0.3, -0.25) is 9.98 Å². The molecule has 216 valence electrons. The molecule has 5 aromatic rings. The first-order chi connectivity index (χ1) is 20.9. The van der Waals surface area contributed by atoms with Crippen molar-refractivity contribution in [2.45, 2.75) is 39.5 Å². The van der Waals surface area contributed by atoms with Gasteiger partial charge in [0.15, 0.2) is 5.82 Å². The van der Waals surface area contributed by atoms with Crippen LogP contribution >= 0.6 is 0 Å². The van der Waals surface area contributed by atoms with E-state index >= 15 is 0 Å². The molecule has 0 radical (unpaired) electrons. The number of fused-ring (bicyclic) bond motifs is 1. The van der Waals surface area contributed by atoms with Crippen LogP contribution in [0.4, 0.5) is 4.39 Å². The van der Waals surface area contributed by atoms with Crippen molar-refractivity contribution in [3.05, 3.63) is 149 Å². The van der Waals surface area contributed by atoms with Gasteiger partial charge >= 0.3 is 0 Å². The maximum atomic E-state index is 14.1. The zero-order valence-corrected chi connectivity index (χ0v) is 25.2. The van der Waals surface area contributed by atoms with E-state index in [0.717, 1.165) is 63.0 Å². The van der Waals surface area contributed by atoms with E-state index in [4.69, 9.17) is 9.98 Å². The molecule has 2 heterocycles.